The molecule has 1 aromatic rings. The van der Waals surface area contributed by atoms with Gasteiger partial charge in [0.05, 0.1) is 0 Å². The van der Waals surface area contributed by atoms with E-state index >= 15 is 0 Å². The standard InChI is InChI=1S/C7H9N/c1-5-4-7-6(5)2-3-8-7/h2-3,5,8H,4H2,1H3. The highest BCUT2D eigenvalue weighted by Gasteiger charge is 2.21. The topological polar surface area (TPSA) is 15.8 Å². The smallest absolute Gasteiger partial charge is 0.0188 e. The van der Waals surface area contributed by atoms with Crippen LogP contribution in [0.2, 0.25) is 0 Å². The number of H-pyrrole nitrogens is 1. The number of aromatic nitrogens is 1. The van der Waals surface area contributed by atoms with E-state index < -0.39 is 0 Å². The van der Waals surface area contributed by atoms with Crippen molar-refractivity contribution in [2.75, 3.05) is 0 Å². The Kier molecular flexibility index (Phi) is 0.608. The van der Waals surface area contributed by atoms with Crippen LogP contribution in [0.1, 0.15) is 24.1 Å². The van der Waals surface area contributed by atoms with Gasteiger partial charge in [-0.3, -0.25) is 0 Å². The van der Waals surface area contributed by atoms with Gasteiger partial charge < -0.3 is 4.98 Å². The number of rotatable bonds is 0. The molecule has 0 radical (unpaired) electrons. The second-order valence-electron chi connectivity index (χ2n) is 2.52. The molecular weight excluding hydrogens is 98.1 g/mol. The third kappa shape index (κ3) is 0.324. The summed E-state index contributed by atoms with van der Waals surface area (Å²) in [5, 5.41) is 0. The minimum absolute atomic E-state index is 0.816. The minimum atomic E-state index is 0.816. The van der Waals surface area contributed by atoms with Gasteiger partial charge >= 0.3 is 0 Å². The van der Waals surface area contributed by atoms with E-state index in [4.69, 9.17) is 0 Å². The van der Waals surface area contributed by atoms with E-state index in [-0.39, 0.29) is 0 Å². The molecule has 0 saturated carbocycles. The highest BCUT2D eigenvalue weighted by molar-refractivity contribution is 5.34. The van der Waals surface area contributed by atoms with Crippen molar-refractivity contribution in [1.29, 1.82) is 0 Å². The lowest BCUT2D eigenvalue weighted by atomic mass is 9.85. The van der Waals surface area contributed by atoms with E-state index in [0.29, 0.717) is 0 Å². The molecule has 1 aromatic heterocycles. The number of hydrogen-bond donors (Lipinski definition) is 1. The zero-order valence-electron chi connectivity index (χ0n) is 4.94. The van der Waals surface area contributed by atoms with Gasteiger partial charge in [0.1, 0.15) is 0 Å². The number of fused-ring (bicyclic) bond motifs is 1. The van der Waals surface area contributed by atoms with E-state index in [0.717, 1.165) is 5.92 Å². The molecule has 0 fully saturated rings. The second kappa shape index (κ2) is 1.16. The zero-order chi connectivity index (χ0) is 5.56. The van der Waals surface area contributed by atoms with Crippen LogP contribution in [0.5, 0.6) is 0 Å². The van der Waals surface area contributed by atoms with E-state index in [9.17, 15) is 0 Å². The fourth-order valence-electron chi connectivity index (χ4n) is 1.34. The predicted octanol–water partition coefficient (Wildman–Crippen LogP) is 1.67. The molecular formula is C7H9N. The molecule has 0 spiro atoms. The number of nitrogens with one attached hydrogen (secondary N) is 1. The van der Waals surface area contributed by atoms with Gasteiger partial charge in [0.25, 0.3) is 0 Å². The maximum absolute atomic E-state index is 3.19. The van der Waals surface area contributed by atoms with Gasteiger partial charge in [-0.2, -0.15) is 0 Å². The summed E-state index contributed by atoms with van der Waals surface area (Å²) in [6, 6.07) is 2.17. The lowest BCUT2D eigenvalue weighted by Crippen LogP contribution is -2.11. The lowest BCUT2D eigenvalue weighted by Gasteiger charge is -2.21. The Labute approximate surface area is 48.7 Å². The zero-order valence-corrected chi connectivity index (χ0v) is 4.94. The molecule has 42 valence electrons. The molecule has 0 amide bonds. The first kappa shape index (κ1) is 4.19. The first-order valence-corrected chi connectivity index (χ1v) is 3.04. The van der Waals surface area contributed by atoms with Gasteiger partial charge in [-0.05, 0) is 24.0 Å². The predicted molar refractivity (Wildman–Crippen MR) is 32.9 cm³/mol. The van der Waals surface area contributed by atoms with Crippen LogP contribution in [0.4, 0.5) is 0 Å². The number of hydrogen-bond acceptors (Lipinski definition) is 0. The molecule has 0 bridgehead atoms. The summed E-state index contributed by atoms with van der Waals surface area (Å²) in [5.41, 5.74) is 2.96. The molecule has 1 aliphatic carbocycles. The van der Waals surface area contributed by atoms with Crippen LogP contribution < -0.4 is 0 Å². The van der Waals surface area contributed by atoms with Crippen molar-refractivity contribution in [1.82, 2.24) is 4.98 Å². The summed E-state index contributed by atoms with van der Waals surface area (Å²) >= 11 is 0. The van der Waals surface area contributed by atoms with E-state index in [1.165, 1.54) is 17.7 Å². The molecule has 0 aromatic carbocycles. The van der Waals surface area contributed by atoms with Crippen LogP contribution in [0, 0.1) is 0 Å². The van der Waals surface area contributed by atoms with E-state index in [1.54, 1.807) is 0 Å². The molecule has 1 N–H and O–H groups in total. The van der Waals surface area contributed by atoms with Gasteiger partial charge in [-0.1, -0.05) is 6.92 Å². The molecule has 8 heavy (non-hydrogen) atoms. The fourth-order valence-corrected chi connectivity index (χ4v) is 1.34. The monoisotopic (exact) mass is 107 g/mol. The average Bonchev–Trinajstić information content (AvgIpc) is 2.09. The van der Waals surface area contributed by atoms with Crippen molar-refractivity contribution in [2.24, 2.45) is 0 Å². The third-order valence-electron chi connectivity index (χ3n) is 1.91. The van der Waals surface area contributed by atoms with Gasteiger partial charge in [-0.15, -0.1) is 0 Å². The normalized spacial score (nSPS) is 24.4. The molecule has 2 rings (SSSR count). The quantitative estimate of drug-likeness (QED) is 0.519. The van der Waals surface area contributed by atoms with Gasteiger partial charge in [0.15, 0.2) is 0 Å². The van der Waals surface area contributed by atoms with E-state index in [2.05, 4.69) is 18.0 Å². The van der Waals surface area contributed by atoms with Gasteiger partial charge in [-0.25, -0.2) is 0 Å². The molecule has 1 unspecified atom stereocenters. The summed E-state index contributed by atoms with van der Waals surface area (Å²) in [6.45, 7) is 2.26. The van der Waals surface area contributed by atoms with Crippen LogP contribution in [0.15, 0.2) is 12.3 Å². The maximum atomic E-state index is 3.19. The van der Waals surface area contributed by atoms with Crippen molar-refractivity contribution in [3.8, 4) is 0 Å². The molecule has 1 heteroatoms. The molecule has 1 aliphatic rings. The number of aromatic amines is 1. The largest absolute Gasteiger partial charge is 0.365 e. The van der Waals surface area contributed by atoms with Crippen molar-refractivity contribution in [2.45, 2.75) is 19.3 Å². The van der Waals surface area contributed by atoms with Crippen LogP contribution >= 0.6 is 0 Å². The third-order valence-corrected chi connectivity index (χ3v) is 1.91. The van der Waals surface area contributed by atoms with Crippen LogP contribution in [-0.4, -0.2) is 4.98 Å². The molecule has 0 saturated heterocycles. The first-order chi connectivity index (χ1) is 3.88. The summed E-state index contributed by atoms with van der Waals surface area (Å²) in [6.07, 6.45) is 3.27. The van der Waals surface area contributed by atoms with E-state index in [1.807, 2.05) is 6.20 Å². The highest BCUT2D eigenvalue weighted by atomic mass is 14.7. The summed E-state index contributed by atoms with van der Waals surface area (Å²) in [7, 11) is 0. The molecule has 1 atom stereocenters. The van der Waals surface area contributed by atoms with Crippen LogP contribution in [0.25, 0.3) is 0 Å². The Balaban J connectivity index is 2.53. The highest BCUT2D eigenvalue weighted by Crippen LogP contribution is 2.32. The molecule has 1 nitrogen and oxygen atoms in total. The van der Waals surface area contributed by atoms with Gasteiger partial charge in [0.2, 0.25) is 0 Å². The Hall–Kier alpha value is -0.720. The Bertz CT molecular complexity index is 200. The Morgan fingerprint density at radius 3 is 3.12 bits per heavy atom. The lowest BCUT2D eigenvalue weighted by molar-refractivity contribution is 0.655. The molecule has 0 aliphatic heterocycles. The first-order valence-electron chi connectivity index (χ1n) is 3.04. The van der Waals surface area contributed by atoms with Crippen LogP contribution in [0.3, 0.4) is 0 Å². The Morgan fingerprint density at radius 2 is 2.62 bits per heavy atom. The molecule has 1 heterocycles. The maximum Gasteiger partial charge on any atom is 0.0188 e. The van der Waals surface area contributed by atoms with Crippen molar-refractivity contribution < 1.29 is 0 Å². The minimum Gasteiger partial charge on any atom is -0.365 e. The summed E-state index contributed by atoms with van der Waals surface area (Å²) in [5.74, 6) is 0.816. The van der Waals surface area contributed by atoms with Crippen LogP contribution in [-0.2, 0) is 6.42 Å². The van der Waals surface area contributed by atoms with Crippen molar-refractivity contribution in [3.05, 3.63) is 23.5 Å². The second-order valence-corrected chi connectivity index (χ2v) is 2.52. The Morgan fingerprint density at radius 1 is 1.75 bits per heavy atom. The van der Waals surface area contributed by atoms with Gasteiger partial charge in [0, 0.05) is 11.9 Å². The SMILES string of the molecule is CC1Cc2[nH]ccc21. The summed E-state index contributed by atoms with van der Waals surface area (Å²) in [4.78, 5) is 3.19. The summed E-state index contributed by atoms with van der Waals surface area (Å²) < 4.78 is 0. The van der Waals surface area contributed by atoms with Crippen molar-refractivity contribution >= 4 is 0 Å². The average molecular weight is 107 g/mol. The van der Waals surface area contributed by atoms with Crippen molar-refractivity contribution in [3.63, 3.8) is 0 Å². The fraction of sp³-hybridized carbons (Fsp3) is 0.429.